The molecule has 2 saturated heterocycles. The Morgan fingerprint density at radius 3 is 2.77 bits per heavy atom. The van der Waals surface area contributed by atoms with E-state index in [9.17, 15) is 17.6 Å². The van der Waals surface area contributed by atoms with Crippen LogP contribution in [0.2, 0.25) is 0 Å². The molecule has 140 valence electrons. The standard InChI is InChI=1S/C17H21FN4O3S/c1-2-6-20-8-9-21(13-11-26(24,25)10-12(13)20)17(23)15-16(18)22-7-4-3-5-14(22)19-15/h3-5,7,12-13H,2,6,8-11H2,1H3/t12-,13+/m1/s1. The summed E-state index contributed by atoms with van der Waals surface area (Å²) in [6.07, 6.45) is 2.43. The highest BCUT2D eigenvalue weighted by molar-refractivity contribution is 7.91. The SMILES string of the molecule is CCCN1CCN(C(=O)c2nc3ccccn3c2F)[C@H]2CS(=O)(=O)C[C@H]21. The Morgan fingerprint density at radius 2 is 2.04 bits per heavy atom. The number of imidazole rings is 1. The Bertz CT molecular complexity index is 958. The number of piperazine rings is 1. The molecule has 0 N–H and O–H groups in total. The van der Waals surface area contributed by atoms with Crippen LogP contribution in [0, 0.1) is 5.95 Å². The highest BCUT2D eigenvalue weighted by Gasteiger charge is 2.48. The number of carbonyl (C=O) groups is 1. The molecule has 2 aliphatic heterocycles. The fraction of sp³-hybridized carbons (Fsp3) is 0.529. The molecule has 2 fully saturated rings. The maximum absolute atomic E-state index is 14.7. The van der Waals surface area contributed by atoms with E-state index < -0.39 is 27.7 Å². The van der Waals surface area contributed by atoms with E-state index in [1.54, 1.807) is 18.2 Å². The fourth-order valence-corrected chi connectivity index (χ4v) is 6.09. The number of hydrogen-bond acceptors (Lipinski definition) is 5. The van der Waals surface area contributed by atoms with Gasteiger partial charge in [-0.25, -0.2) is 13.4 Å². The van der Waals surface area contributed by atoms with Crippen LogP contribution < -0.4 is 0 Å². The first-order valence-corrected chi connectivity index (χ1v) is 10.6. The molecule has 1 amide bonds. The average molecular weight is 380 g/mol. The second-order valence-electron chi connectivity index (χ2n) is 6.93. The Hall–Kier alpha value is -2.00. The van der Waals surface area contributed by atoms with Gasteiger partial charge in [0.2, 0.25) is 5.95 Å². The lowest BCUT2D eigenvalue weighted by Gasteiger charge is -2.43. The number of halogens is 1. The summed E-state index contributed by atoms with van der Waals surface area (Å²) in [5.74, 6) is -1.26. The minimum absolute atomic E-state index is 0.0507. The highest BCUT2D eigenvalue weighted by Crippen LogP contribution is 2.28. The zero-order valence-electron chi connectivity index (χ0n) is 14.5. The van der Waals surface area contributed by atoms with Crippen molar-refractivity contribution >= 4 is 21.4 Å². The molecule has 0 saturated carbocycles. The molecule has 9 heteroatoms. The Balaban J connectivity index is 1.68. The molecule has 2 atom stereocenters. The number of carbonyl (C=O) groups excluding carboxylic acids is 1. The lowest BCUT2D eigenvalue weighted by molar-refractivity contribution is 0.0325. The van der Waals surface area contributed by atoms with Crippen LogP contribution in [-0.2, 0) is 9.84 Å². The van der Waals surface area contributed by atoms with Gasteiger partial charge in [0.05, 0.1) is 17.5 Å². The Kier molecular flexibility index (Phi) is 4.23. The van der Waals surface area contributed by atoms with E-state index in [1.807, 2.05) is 6.92 Å². The van der Waals surface area contributed by atoms with Gasteiger partial charge in [-0.15, -0.1) is 0 Å². The summed E-state index contributed by atoms with van der Waals surface area (Å²) in [5, 5.41) is 0. The van der Waals surface area contributed by atoms with Crippen molar-refractivity contribution in [3.8, 4) is 0 Å². The van der Waals surface area contributed by atoms with Gasteiger partial charge in [-0.2, -0.15) is 4.39 Å². The second kappa shape index (κ2) is 6.31. The number of nitrogens with zero attached hydrogens (tertiary/aromatic N) is 4. The summed E-state index contributed by atoms with van der Waals surface area (Å²) >= 11 is 0. The van der Waals surface area contributed by atoms with Gasteiger partial charge in [0.25, 0.3) is 5.91 Å². The minimum Gasteiger partial charge on any atom is -0.330 e. The number of amides is 1. The summed E-state index contributed by atoms with van der Waals surface area (Å²) < 4.78 is 40.3. The van der Waals surface area contributed by atoms with Crippen LogP contribution in [0.3, 0.4) is 0 Å². The molecule has 7 nitrogen and oxygen atoms in total. The van der Waals surface area contributed by atoms with E-state index >= 15 is 0 Å². The number of rotatable bonds is 3. The van der Waals surface area contributed by atoms with Crippen molar-refractivity contribution in [3.05, 3.63) is 36.0 Å². The van der Waals surface area contributed by atoms with Crippen LogP contribution in [-0.4, -0.2) is 76.7 Å². The van der Waals surface area contributed by atoms with Crippen molar-refractivity contribution in [2.45, 2.75) is 25.4 Å². The Morgan fingerprint density at radius 1 is 1.27 bits per heavy atom. The number of fused-ring (bicyclic) bond motifs is 2. The molecule has 0 spiro atoms. The lowest BCUT2D eigenvalue weighted by atomic mass is 10.0. The van der Waals surface area contributed by atoms with Crippen molar-refractivity contribution in [2.24, 2.45) is 0 Å². The van der Waals surface area contributed by atoms with E-state index in [0.717, 1.165) is 13.0 Å². The van der Waals surface area contributed by atoms with Crippen molar-refractivity contribution in [1.29, 1.82) is 0 Å². The molecule has 2 aromatic rings. The van der Waals surface area contributed by atoms with Gasteiger partial charge in [0.15, 0.2) is 15.5 Å². The van der Waals surface area contributed by atoms with Crippen LogP contribution in [0.5, 0.6) is 0 Å². The van der Waals surface area contributed by atoms with E-state index in [1.165, 1.54) is 15.5 Å². The number of sulfone groups is 1. The largest absolute Gasteiger partial charge is 0.330 e. The molecule has 0 unspecified atom stereocenters. The lowest BCUT2D eigenvalue weighted by Crippen LogP contribution is -2.60. The average Bonchev–Trinajstić information content (AvgIpc) is 3.11. The summed E-state index contributed by atoms with van der Waals surface area (Å²) in [5.41, 5.74) is 0.108. The van der Waals surface area contributed by atoms with E-state index in [0.29, 0.717) is 18.7 Å². The van der Waals surface area contributed by atoms with E-state index in [4.69, 9.17) is 0 Å². The summed E-state index contributed by atoms with van der Waals surface area (Å²) in [6.45, 7) is 3.80. The summed E-state index contributed by atoms with van der Waals surface area (Å²) in [7, 11) is -3.22. The van der Waals surface area contributed by atoms with E-state index in [2.05, 4.69) is 9.88 Å². The van der Waals surface area contributed by atoms with Crippen molar-refractivity contribution in [1.82, 2.24) is 19.2 Å². The predicted molar refractivity (Wildman–Crippen MR) is 94.3 cm³/mol. The quantitative estimate of drug-likeness (QED) is 0.788. The van der Waals surface area contributed by atoms with Crippen LogP contribution in [0.25, 0.3) is 5.65 Å². The molecule has 0 radical (unpaired) electrons. The van der Waals surface area contributed by atoms with Crippen molar-refractivity contribution < 1.29 is 17.6 Å². The fourth-order valence-electron chi connectivity index (χ4n) is 4.08. The van der Waals surface area contributed by atoms with Crippen LogP contribution >= 0.6 is 0 Å². The summed E-state index contributed by atoms with van der Waals surface area (Å²) in [6, 6.07) is 4.34. The van der Waals surface area contributed by atoms with Crippen molar-refractivity contribution in [3.63, 3.8) is 0 Å². The zero-order chi connectivity index (χ0) is 18.5. The molecule has 2 aromatic heterocycles. The maximum Gasteiger partial charge on any atom is 0.277 e. The molecular weight excluding hydrogens is 359 g/mol. The van der Waals surface area contributed by atoms with Gasteiger partial charge in [-0.3, -0.25) is 14.1 Å². The van der Waals surface area contributed by atoms with E-state index in [-0.39, 0.29) is 23.2 Å². The first kappa shape index (κ1) is 17.4. The van der Waals surface area contributed by atoms with Crippen LogP contribution in [0.15, 0.2) is 24.4 Å². The molecule has 0 aliphatic carbocycles. The maximum atomic E-state index is 14.7. The summed E-state index contributed by atoms with van der Waals surface area (Å²) in [4.78, 5) is 20.8. The van der Waals surface area contributed by atoms with Gasteiger partial charge in [-0.05, 0) is 25.1 Å². The number of hydrogen-bond donors (Lipinski definition) is 0. The predicted octanol–water partition coefficient (Wildman–Crippen LogP) is 0.807. The monoisotopic (exact) mass is 380 g/mol. The third-order valence-corrected chi connectivity index (χ3v) is 6.94. The van der Waals surface area contributed by atoms with Gasteiger partial charge in [-0.1, -0.05) is 13.0 Å². The van der Waals surface area contributed by atoms with Gasteiger partial charge >= 0.3 is 0 Å². The second-order valence-corrected chi connectivity index (χ2v) is 9.08. The Labute approximate surface area is 151 Å². The molecule has 4 heterocycles. The van der Waals surface area contributed by atoms with Gasteiger partial charge < -0.3 is 4.90 Å². The molecule has 0 aromatic carbocycles. The zero-order valence-corrected chi connectivity index (χ0v) is 15.3. The number of aromatic nitrogens is 2. The van der Waals surface area contributed by atoms with Crippen molar-refractivity contribution in [2.75, 3.05) is 31.1 Å². The first-order valence-electron chi connectivity index (χ1n) is 8.79. The first-order chi connectivity index (χ1) is 12.4. The normalized spacial score (nSPS) is 25.5. The third-order valence-electron chi connectivity index (χ3n) is 5.24. The number of pyridine rings is 1. The van der Waals surface area contributed by atoms with Gasteiger partial charge in [0.1, 0.15) is 5.65 Å². The molecule has 0 bridgehead atoms. The molecule has 26 heavy (non-hydrogen) atoms. The molecular formula is C17H21FN4O3S. The smallest absolute Gasteiger partial charge is 0.277 e. The third kappa shape index (κ3) is 2.79. The minimum atomic E-state index is -3.22. The van der Waals surface area contributed by atoms with Gasteiger partial charge in [0, 0.05) is 25.3 Å². The molecule has 4 rings (SSSR count). The molecule has 2 aliphatic rings. The topological polar surface area (TPSA) is 75.0 Å². The van der Waals surface area contributed by atoms with Crippen LogP contribution in [0.4, 0.5) is 4.39 Å². The van der Waals surface area contributed by atoms with Crippen LogP contribution in [0.1, 0.15) is 23.8 Å². The highest BCUT2D eigenvalue weighted by atomic mass is 32.2.